The van der Waals surface area contributed by atoms with Crippen LogP contribution in [0, 0.1) is 17.8 Å². The van der Waals surface area contributed by atoms with Gasteiger partial charge < -0.3 is 24.9 Å². The second kappa shape index (κ2) is 15.1. The smallest absolute Gasteiger partial charge is 0.386 e. The molecule has 1 aromatic carbocycles. The Hall–Kier alpha value is -3.03. The van der Waals surface area contributed by atoms with Gasteiger partial charge in [-0.1, -0.05) is 11.6 Å². The number of anilines is 2. The minimum absolute atomic E-state index is 0.0194. The first-order chi connectivity index (χ1) is 23.4. The van der Waals surface area contributed by atoms with E-state index in [0.29, 0.717) is 57.4 Å². The summed E-state index contributed by atoms with van der Waals surface area (Å²) in [5, 5.41) is 8.26. The Morgan fingerprint density at radius 1 is 1.00 bits per heavy atom. The number of hydrogen-bond acceptors (Lipinski definition) is 6. The van der Waals surface area contributed by atoms with Crippen molar-refractivity contribution in [1.82, 2.24) is 19.6 Å². The van der Waals surface area contributed by atoms with Crippen LogP contribution >= 0.6 is 22.9 Å². The van der Waals surface area contributed by atoms with Crippen molar-refractivity contribution in [3.63, 3.8) is 0 Å². The molecular formula is C35H46ClF3N6O3S. The number of thiophene rings is 1. The number of alkyl halides is 3. The van der Waals surface area contributed by atoms with Gasteiger partial charge in [0.15, 0.2) is 0 Å². The lowest BCUT2D eigenvalue weighted by Crippen LogP contribution is -2.51. The zero-order chi connectivity index (χ0) is 34.9. The van der Waals surface area contributed by atoms with E-state index in [9.17, 15) is 27.6 Å². The molecule has 3 saturated heterocycles. The molecule has 2 aromatic rings. The molecule has 0 saturated carbocycles. The number of nitrogens with one attached hydrogen (secondary N) is 2. The fourth-order valence-electron chi connectivity index (χ4n) is 8.19. The van der Waals surface area contributed by atoms with E-state index in [0.717, 1.165) is 55.4 Å². The largest absolute Gasteiger partial charge is 0.418 e. The predicted octanol–water partition coefficient (Wildman–Crippen LogP) is 6.63. The Morgan fingerprint density at radius 2 is 1.63 bits per heavy atom. The molecule has 4 aliphatic rings. The fourth-order valence-corrected chi connectivity index (χ4v) is 9.33. The number of urea groups is 1. The van der Waals surface area contributed by atoms with Crippen LogP contribution in [0.4, 0.5) is 28.7 Å². The normalized spacial score (nSPS) is 21.0. The Morgan fingerprint density at radius 3 is 2.27 bits per heavy atom. The first kappa shape index (κ1) is 35.8. The highest BCUT2D eigenvalue weighted by atomic mass is 35.5. The third-order valence-corrected chi connectivity index (χ3v) is 12.2. The predicted molar refractivity (Wildman–Crippen MR) is 186 cm³/mol. The van der Waals surface area contributed by atoms with Crippen molar-refractivity contribution >= 4 is 51.5 Å². The van der Waals surface area contributed by atoms with Crippen molar-refractivity contribution in [2.75, 3.05) is 64.0 Å². The van der Waals surface area contributed by atoms with Gasteiger partial charge >= 0.3 is 12.2 Å². The molecule has 268 valence electrons. The fraction of sp³-hybridized carbons (Fsp3) is 0.629. The number of fused-ring (bicyclic) bond motifs is 1. The summed E-state index contributed by atoms with van der Waals surface area (Å²) in [5.41, 5.74) is 0.239. The number of hydrogen-bond donors (Lipinski definition) is 2. The van der Waals surface area contributed by atoms with E-state index in [-0.39, 0.29) is 53.0 Å². The zero-order valence-electron chi connectivity index (χ0n) is 28.2. The molecule has 2 N–H and O–H groups in total. The number of rotatable bonds is 8. The molecule has 1 atom stereocenters. The molecule has 9 nitrogen and oxygen atoms in total. The van der Waals surface area contributed by atoms with E-state index in [1.165, 1.54) is 24.5 Å². The molecule has 3 fully saturated rings. The number of likely N-dealkylation sites (tertiary alicyclic amines) is 3. The van der Waals surface area contributed by atoms with E-state index in [4.69, 9.17) is 11.6 Å². The molecule has 0 unspecified atom stereocenters. The summed E-state index contributed by atoms with van der Waals surface area (Å²) in [6, 6.07) is 4.37. The van der Waals surface area contributed by atoms with Gasteiger partial charge in [-0.3, -0.25) is 14.9 Å². The van der Waals surface area contributed by atoms with Crippen LogP contribution in [0.1, 0.15) is 61.6 Å². The van der Waals surface area contributed by atoms with Crippen LogP contribution in [0.25, 0.3) is 0 Å². The molecule has 0 spiro atoms. The van der Waals surface area contributed by atoms with Gasteiger partial charge in [0.2, 0.25) is 11.8 Å². The standard InChI is InChI=1S/C35H46ClF3N6O3S/c1-40-31-28(35(37,38)39)18-22(19-29(31)36)17-26(33(47)44-12-5-24(6-13-44)23-3-10-42(2)11-4-23)20-30(46)43-14-7-27(8-15-43)45-21-25-9-16-49-32(25)41-34(45)48/h9,16,18-19,23-24,26-27,40H,3-8,10-15,17,20-21H2,1-2H3,(H,41,48)/t26-/m0/s1. The van der Waals surface area contributed by atoms with Gasteiger partial charge in [-0.25, -0.2) is 4.79 Å². The minimum Gasteiger partial charge on any atom is -0.386 e. The van der Waals surface area contributed by atoms with Gasteiger partial charge in [0.25, 0.3) is 0 Å². The van der Waals surface area contributed by atoms with Gasteiger partial charge in [-0.05, 0) is 106 Å². The highest BCUT2D eigenvalue weighted by Crippen LogP contribution is 2.40. The lowest BCUT2D eigenvalue weighted by molar-refractivity contribution is -0.143. The van der Waals surface area contributed by atoms with Gasteiger partial charge in [-0.2, -0.15) is 13.2 Å². The summed E-state index contributed by atoms with van der Waals surface area (Å²) in [7, 11) is 3.53. The van der Waals surface area contributed by atoms with Gasteiger partial charge in [0, 0.05) is 51.3 Å². The highest BCUT2D eigenvalue weighted by Gasteiger charge is 2.38. The molecule has 4 aliphatic heterocycles. The molecule has 14 heteroatoms. The monoisotopic (exact) mass is 722 g/mol. The molecule has 6 rings (SSSR count). The van der Waals surface area contributed by atoms with E-state index < -0.39 is 17.7 Å². The molecule has 0 bridgehead atoms. The molecule has 0 radical (unpaired) electrons. The van der Waals surface area contributed by atoms with Crippen LogP contribution in [0.15, 0.2) is 23.6 Å². The molecule has 5 heterocycles. The summed E-state index contributed by atoms with van der Waals surface area (Å²) in [4.78, 5) is 48.5. The Kier molecular flexibility index (Phi) is 11.0. The maximum absolute atomic E-state index is 14.1. The van der Waals surface area contributed by atoms with E-state index >= 15 is 0 Å². The van der Waals surface area contributed by atoms with Crippen molar-refractivity contribution in [3.8, 4) is 0 Å². The Labute approximate surface area is 295 Å². The summed E-state index contributed by atoms with van der Waals surface area (Å²) in [6.45, 7) is 4.75. The maximum atomic E-state index is 14.1. The van der Waals surface area contributed by atoms with Crippen LogP contribution in [0.2, 0.25) is 5.02 Å². The van der Waals surface area contributed by atoms with Crippen LogP contribution in [0.5, 0.6) is 0 Å². The lowest BCUT2D eigenvalue weighted by atomic mass is 9.78. The van der Waals surface area contributed by atoms with Crippen molar-refractivity contribution < 1.29 is 27.6 Å². The first-order valence-corrected chi connectivity index (χ1v) is 18.6. The number of piperidine rings is 3. The molecular weight excluding hydrogens is 677 g/mol. The zero-order valence-corrected chi connectivity index (χ0v) is 29.7. The first-order valence-electron chi connectivity index (χ1n) is 17.4. The van der Waals surface area contributed by atoms with E-state index in [1.807, 2.05) is 21.2 Å². The quantitative estimate of drug-likeness (QED) is 0.320. The molecule has 49 heavy (non-hydrogen) atoms. The Bertz CT molecular complexity index is 1510. The van der Waals surface area contributed by atoms with Gasteiger partial charge in [0.05, 0.1) is 28.7 Å². The van der Waals surface area contributed by atoms with Crippen molar-refractivity contribution in [2.45, 2.75) is 70.1 Å². The van der Waals surface area contributed by atoms with Crippen molar-refractivity contribution in [1.29, 1.82) is 0 Å². The number of carbonyl (C=O) groups is 3. The highest BCUT2D eigenvalue weighted by molar-refractivity contribution is 7.14. The summed E-state index contributed by atoms with van der Waals surface area (Å²) < 4.78 is 42.1. The van der Waals surface area contributed by atoms with Crippen LogP contribution in [-0.2, 0) is 28.7 Å². The summed E-state index contributed by atoms with van der Waals surface area (Å²) in [5.74, 6) is -0.0212. The number of amides is 4. The van der Waals surface area contributed by atoms with Gasteiger partial charge in [0.1, 0.15) is 5.00 Å². The summed E-state index contributed by atoms with van der Waals surface area (Å²) >= 11 is 7.82. The third-order valence-electron chi connectivity index (χ3n) is 11.1. The topological polar surface area (TPSA) is 88.2 Å². The van der Waals surface area contributed by atoms with Crippen LogP contribution in [0.3, 0.4) is 0 Å². The Balaban J connectivity index is 1.14. The maximum Gasteiger partial charge on any atom is 0.418 e. The minimum atomic E-state index is -4.65. The SMILES string of the molecule is CNc1c(Cl)cc(C[C@@H](CC(=O)N2CCC(N3Cc4ccsc4NC3=O)CC2)C(=O)N2CCC(C3CCN(C)CC3)CC2)cc1C(F)(F)F. The average Bonchev–Trinajstić information content (AvgIpc) is 3.54. The molecule has 1 aromatic heterocycles. The lowest BCUT2D eigenvalue weighted by Gasteiger charge is -2.41. The van der Waals surface area contributed by atoms with E-state index in [1.54, 1.807) is 4.90 Å². The molecule has 4 amide bonds. The number of benzene rings is 1. The van der Waals surface area contributed by atoms with Crippen LogP contribution < -0.4 is 10.6 Å². The average molecular weight is 723 g/mol. The van der Waals surface area contributed by atoms with Crippen molar-refractivity contribution in [2.24, 2.45) is 17.8 Å². The van der Waals surface area contributed by atoms with Gasteiger partial charge in [-0.15, -0.1) is 11.3 Å². The van der Waals surface area contributed by atoms with E-state index in [2.05, 4.69) is 22.6 Å². The second-order valence-corrected chi connectivity index (χ2v) is 15.4. The number of nitrogens with zero attached hydrogens (tertiary/aromatic N) is 4. The van der Waals surface area contributed by atoms with Crippen molar-refractivity contribution in [3.05, 3.63) is 45.3 Å². The second-order valence-electron chi connectivity index (χ2n) is 14.1. The third kappa shape index (κ3) is 8.14. The number of carbonyl (C=O) groups excluding carboxylic acids is 3. The number of halogens is 4. The van der Waals surface area contributed by atoms with Crippen LogP contribution in [-0.4, -0.2) is 96.9 Å². The summed E-state index contributed by atoms with van der Waals surface area (Å²) in [6.07, 6.45) is 0.543. The molecule has 0 aliphatic carbocycles.